The molecular weight excluding hydrogens is 208 g/mol. The van der Waals surface area contributed by atoms with E-state index < -0.39 is 0 Å². The normalized spacial score (nSPS) is 27.4. The van der Waals surface area contributed by atoms with Crippen molar-refractivity contribution in [3.05, 3.63) is 0 Å². The van der Waals surface area contributed by atoms with Crippen molar-refractivity contribution in [2.75, 3.05) is 26.2 Å². The number of nitrogens with two attached hydrogens (primary N) is 1. The Morgan fingerprint density at radius 1 is 0.765 bits per heavy atom. The van der Waals surface area contributed by atoms with Gasteiger partial charge in [-0.05, 0) is 50.7 Å². The summed E-state index contributed by atoms with van der Waals surface area (Å²) in [5.74, 6) is 0. The average molecular weight is 238 g/mol. The Bertz CT molecular complexity index is 199. The van der Waals surface area contributed by atoms with Crippen molar-refractivity contribution in [1.29, 1.82) is 0 Å². The molecule has 0 bridgehead atoms. The highest BCUT2D eigenvalue weighted by Crippen LogP contribution is 2.35. The zero-order chi connectivity index (χ0) is 12.0. The molecule has 17 heavy (non-hydrogen) atoms. The van der Waals surface area contributed by atoms with Crippen LogP contribution in [0.3, 0.4) is 0 Å². The van der Waals surface area contributed by atoms with Gasteiger partial charge in [0, 0.05) is 6.54 Å². The molecule has 0 spiro atoms. The Morgan fingerprint density at radius 3 is 1.82 bits per heavy atom. The van der Waals surface area contributed by atoms with Crippen LogP contribution < -0.4 is 5.73 Å². The van der Waals surface area contributed by atoms with E-state index in [0.717, 1.165) is 6.54 Å². The smallest absolute Gasteiger partial charge is 0.00501 e. The van der Waals surface area contributed by atoms with E-state index in [4.69, 9.17) is 5.73 Å². The van der Waals surface area contributed by atoms with Crippen LogP contribution in [0.5, 0.6) is 0 Å². The SMILES string of the molecule is NCC1(CN2CCCCCC2)CCCCCC1. The van der Waals surface area contributed by atoms with Crippen molar-refractivity contribution in [3.8, 4) is 0 Å². The van der Waals surface area contributed by atoms with Gasteiger partial charge in [-0.2, -0.15) is 0 Å². The quantitative estimate of drug-likeness (QED) is 0.765. The highest BCUT2D eigenvalue weighted by atomic mass is 15.1. The first-order valence-electron chi connectivity index (χ1n) is 7.77. The number of hydrogen-bond acceptors (Lipinski definition) is 2. The largest absolute Gasteiger partial charge is 0.330 e. The van der Waals surface area contributed by atoms with E-state index in [1.807, 2.05) is 0 Å². The Hall–Kier alpha value is -0.0800. The molecule has 0 radical (unpaired) electrons. The third kappa shape index (κ3) is 3.96. The minimum absolute atomic E-state index is 0.459. The molecule has 1 saturated heterocycles. The minimum Gasteiger partial charge on any atom is -0.330 e. The fourth-order valence-corrected chi connectivity index (χ4v) is 3.67. The van der Waals surface area contributed by atoms with E-state index in [-0.39, 0.29) is 0 Å². The Kier molecular flexibility index (Phi) is 5.30. The van der Waals surface area contributed by atoms with E-state index in [1.54, 1.807) is 0 Å². The second kappa shape index (κ2) is 6.75. The molecule has 2 fully saturated rings. The molecule has 1 aliphatic carbocycles. The van der Waals surface area contributed by atoms with Gasteiger partial charge in [0.25, 0.3) is 0 Å². The van der Waals surface area contributed by atoms with Crippen molar-refractivity contribution in [2.24, 2.45) is 11.1 Å². The second-order valence-corrected chi connectivity index (χ2v) is 6.31. The summed E-state index contributed by atoms with van der Waals surface area (Å²) in [5, 5.41) is 0. The first kappa shape index (κ1) is 13.4. The highest BCUT2D eigenvalue weighted by molar-refractivity contribution is 4.86. The van der Waals surface area contributed by atoms with Crippen LogP contribution in [0.4, 0.5) is 0 Å². The van der Waals surface area contributed by atoms with Crippen molar-refractivity contribution < 1.29 is 0 Å². The molecule has 1 heterocycles. The molecule has 2 N–H and O–H groups in total. The topological polar surface area (TPSA) is 29.3 Å². The van der Waals surface area contributed by atoms with E-state index in [9.17, 15) is 0 Å². The molecule has 1 saturated carbocycles. The molecule has 0 amide bonds. The van der Waals surface area contributed by atoms with Crippen LogP contribution in [-0.2, 0) is 0 Å². The van der Waals surface area contributed by atoms with Crippen LogP contribution in [0, 0.1) is 5.41 Å². The second-order valence-electron chi connectivity index (χ2n) is 6.31. The standard InChI is InChI=1S/C15H30N2/c16-13-15(9-5-1-2-6-10-15)14-17-11-7-3-4-8-12-17/h1-14,16H2. The number of rotatable bonds is 3. The molecule has 2 heteroatoms. The maximum absolute atomic E-state index is 6.14. The van der Waals surface area contributed by atoms with Crippen LogP contribution in [0.25, 0.3) is 0 Å². The van der Waals surface area contributed by atoms with E-state index >= 15 is 0 Å². The fourth-order valence-electron chi connectivity index (χ4n) is 3.67. The number of likely N-dealkylation sites (tertiary alicyclic amines) is 1. The summed E-state index contributed by atoms with van der Waals surface area (Å²) in [4.78, 5) is 2.71. The molecular formula is C15H30N2. The van der Waals surface area contributed by atoms with Crippen LogP contribution in [0.1, 0.15) is 64.2 Å². The fraction of sp³-hybridized carbons (Fsp3) is 1.00. The van der Waals surface area contributed by atoms with Crippen LogP contribution in [0.15, 0.2) is 0 Å². The lowest BCUT2D eigenvalue weighted by Gasteiger charge is -2.37. The lowest BCUT2D eigenvalue weighted by molar-refractivity contribution is 0.139. The number of nitrogens with zero attached hydrogens (tertiary/aromatic N) is 1. The van der Waals surface area contributed by atoms with Crippen LogP contribution in [-0.4, -0.2) is 31.1 Å². The van der Waals surface area contributed by atoms with Gasteiger partial charge in [-0.3, -0.25) is 0 Å². The molecule has 2 rings (SSSR count). The summed E-state index contributed by atoms with van der Waals surface area (Å²) in [7, 11) is 0. The highest BCUT2D eigenvalue weighted by Gasteiger charge is 2.31. The van der Waals surface area contributed by atoms with Crippen molar-refractivity contribution in [1.82, 2.24) is 4.90 Å². The lowest BCUT2D eigenvalue weighted by atomic mass is 9.80. The van der Waals surface area contributed by atoms with E-state index in [1.165, 1.54) is 83.8 Å². The molecule has 100 valence electrons. The molecule has 0 unspecified atom stereocenters. The van der Waals surface area contributed by atoms with Gasteiger partial charge in [0.05, 0.1) is 0 Å². The summed E-state index contributed by atoms with van der Waals surface area (Å²) < 4.78 is 0. The van der Waals surface area contributed by atoms with Gasteiger partial charge >= 0.3 is 0 Å². The van der Waals surface area contributed by atoms with Gasteiger partial charge in [0.1, 0.15) is 0 Å². The van der Waals surface area contributed by atoms with Crippen molar-refractivity contribution in [2.45, 2.75) is 64.2 Å². The summed E-state index contributed by atoms with van der Waals surface area (Å²) in [6.45, 7) is 4.83. The van der Waals surface area contributed by atoms with Gasteiger partial charge in [0.2, 0.25) is 0 Å². The molecule has 0 aromatic heterocycles. The monoisotopic (exact) mass is 238 g/mol. The average Bonchev–Trinajstić information content (AvgIpc) is 2.73. The Balaban J connectivity index is 1.91. The third-order valence-corrected chi connectivity index (χ3v) is 4.85. The number of hydrogen-bond donors (Lipinski definition) is 1. The molecule has 2 nitrogen and oxygen atoms in total. The maximum Gasteiger partial charge on any atom is 0.00501 e. The molecule has 2 aliphatic rings. The predicted molar refractivity (Wildman–Crippen MR) is 74.1 cm³/mol. The maximum atomic E-state index is 6.14. The Morgan fingerprint density at radius 2 is 1.29 bits per heavy atom. The molecule has 1 aliphatic heterocycles. The zero-order valence-corrected chi connectivity index (χ0v) is 11.4. The lowest BCUT2D eigenvalue weighted by Crippen LogP contribution is -2.42. The van der Waals surface area contributed by atoms with Crippen molar-refractivity contribution in [3.63, 3.8) is 0 Å². The summed E-state index contributed by atoms with van der Waals surface area (Å²) in [5.41, 5.74) is 6.60. The van der Waals surface area contributed by atoms with Gasteiger partial charge in [-0.25, -0.2) is 0 Å². The molecule has 0 aromatic carbocycles. The minimum atomic E-state index is 0.459. The van der Waals surface area contributed by atoms with E-state index in [0.29, 0.717) is 5.41 Å². The van der Waals surface area contributed by atoms with Gasteiger partial charge < -0.3 is 10.6 Å². The predicted octanol–water partition coefficient (Wildman–Crippen LogP) is 3.16. The summed E-state index contributed by atoms with van der Waals surface area (Å²) in [6.07, 6.45) is 14.1. The van der Waals surface area contributed by atoms with Gasteiger partial charge in [-0.1, -0.05) is 38.5 Å². The van der Waals surface area contributed by atoms with Gasteiger partial charge in [0.15, 0.2) is 0 Å². The first-order chi connectivity index (χ1) is 8.35. The van der Waals surface area contributed by atoms with Crippen LogP contribution >= 0.6 is 0 Å². The summed E-state index contributed by atoms with van der Waals surface area (Å²) >= 11 is 0. The first-order valence-corrected chi connectivity index (χ1v) is 7.77. The van der Waals surface area contributed by atoms with Gasteiger partial charge in [-0.15, -0.1) is 0 Å². The zero-order valence-electron chi connectivity index (χ0n) is 11.4. The Labute approximate surface area is 107 Å². The third-order valence-electron chi connectivity index (χ3n) is 4.85. The van der Waals surface area contributed by atoms with Crippen molar-refractivity contribution >= 4 is 0 Å². The molecule has 0 aromatic rings. The summed E-state index contributed by atoms with van der Waals surface area (Å²) in [6, 6.07) is 0. The van der Waals surface area contributed by atoms with E-state index in [2.05, 4.69) is 4.90 Å². The molecule has 0 atom stereocenters. The van der Waals surface area contributed by atoms with Crippen LogP contribution in [0.2, 0.25) is 0 Å².